The molecule has 1 N–H and O–H groups in total. The van der Waals surface area contributed by atoms with Crippen LogP contribution in [-0.2, 0) is 0 Å². The highest BCUT2D eigenvalue weighted by Crippen LogP contribution is 2.23. The highest BCUT2D eigenvalue weighted by molar-refractivity contribution is 7.09. The zero-order valence-corrected chi connectivity index (χ0v) is 11.9. The molecule has 0 aliphatic rings. The van der Waals surface area contributed by atoms with Gasteiger partial charge in [-0.1, -0.05) is 0 Å². The fourth-order valence-corrected chi connectivity index (χ4v) is 2.82. The van der Waals surface area contributed by atoms with Crippen LogP contribution < -0.4 is 5.32 Å². The summed E-state index contributed by atoms with van der Waals surface area (Å²) >= 11 is 1.67. The molecule has 0 bridgehead atoms. The van der Waals surface area contributed by atoms with Crippen LogP contribution in [0.4, 0.5) is 5.82 Å². The topological polar surface area (TPSA) is 55.1 Å². The number of thiazole rings is 1. The van der Waals surface area contributed by atoms with Gasteiger partial charge < -0.3 is 5.32 Å². The molecule has 0 aromatic carbocycles. The van der Waals surface area contributed by atoms with Crippen LogP contribution in [0.3, 0.4) is 0 Å². The molecule has 3 heterocycles. The van der Waals surface area contributed by atoms with Gasteiger partial charge in [-0.2, -0.15) is 9.61 Å². The zero-order chi connectivity index (χ0) is 13.4. The molecule has 98 valence electrons. The number of rotatable bonds is 3. The van der Waals surface area contributed by atoms with E-state index in [1.807, 2.05) is 17.5 Å². The Bertz CT molecular complexity index is 715. The lowest BCUT2D eigenvalue weighted by Gasteiger charge is -2.14. The first-order valence-electron chi connectivity index (χ1n) is 6.12. The van der Waals surface area contributed by atoms with Gasteiger partial charge in [0.05, 0.1) is 6.04 Å². The van der Waals surface area contributed by atoms with Crippen molar-refractivity contribution in [1.29, 1.82) is 0 Å². The molecule has 0 saturated carbocycles. The Kier molecular flexibility index (Phi) is 2.94. The van der Waals surface area contributed by atoms with Crippen LogP contribution in [0.15, 0.2) is 23.8 Å². The van der Waals surface area contributed by atoms with Gasteiger partial charge in [0.15, 0.2) is 5.65 Å². The third-order valence-corrected chi connectivity index (χ3v) is 4.04. The van der Waals surface area contributed by atoms with Gasteiger partial charge >= 0.3 is 0 Å². The van der Waals surface area contributed by atoms with E-state index < -0.39 is 0 Å². The molecule has 6 heteroatoms. The first-order chi connectivity index (χ1) is 9.13. The summed E-state index contributed by atoms with van der Waals surface area (Å²) in [6.45, 7) is 6.16. The number of hydrogen-bond acceptors (Lipinski definition) is 5. The lowest BCUT2D eigenvalue weighted by atomic mass is 10.2. The first kappa shape index (κ1) is 12.1. The van der Waals surface area contributed by atoms with Crippen molar-refractivity contribution in [2.24, 2.45) is 0 Å². The molecule has 1 unspecified atom stereocenters. The Balaban J connectivity index is 1.94. The SMILES string of the molecule is Cc1cc(NC(C)c2nc(C)cs2)n2ncnc2c1. The Morgan fingerprint density at radius 1 is 1.32 bits per heavy atom. The molecule has 3 aromatic rings. The van der Waals surface area contributed by atoms with Crippen LogP contribution in [0.5, 0.6) is 0 Å². The minimum Gasteiger partial charge on any atom is -0.361 e. The molecule has 3 rings (SSSR count). The number of hydrogen-bond donors (Lipinski definition) is 1. The molecule has 0 radical (unpaired) electrons. The molecular weight excluding hydrogens is 258 g/mol. The number of nitrogens with zero attached hydrogens (tertiary/aromatic N) is 4. The van der Waals surface area contributed by atoms with E-state index in [4.69, 9.17) is 0 Å². The smallest absolute Gasteiger partial charge is 0.157 e. The van der Waals surface area contributed by atoms with Crippen molar-refractivity contribution in [2.75, 3.05) is 5.32 Å². The lowest BCUT2D eigenvalue weighted by Crippen LogP contribution is -2.10. The third kappa shape index (κ3) is 2.31. The summed E-state index contributed by atoms with van der Waals surface area (Å²) in [5, 5.41) is 10.8. The van der Waals surface area contributed by atoms with Gasteiger partial charge in [-0.15, -0.1) is 11.3 Å². The van der Waals surface area contributed by atoms with Gasteiger partial charge in [-0.05, 0) is 38.5 Å². The maximum Gasteiger partial charge on any atom is 0.157 e. The van der Waals surface area contributed by atoms with Crippen molar-refractivity contribution >= 4 is 22.8 Å². The van der Waals surface area contributed by atoms with Gasteiger partial charge in [0.2, 0.25) is 0 Å². The molecule has 0 amide bonds. The first-order valence-corrected chi connectivity index (χ1v) is 7.00. The summed E-state index contributed by atoms with van der Waals surface area (Å²) < 4.78 is 1.81. The third-order valence-electron chi connectivity index (χ3n) is 2.90. The molecule has 0 aliphatic carbocycles. The fraction of sp³-hybridized carbons (Fsp3) is 0.308. The minimum atomic E-state index is 0.146. The molecule has 3 aromatic heterocycles. The van der Waals surface area contributed by atoms with E-state index in [1.54, 1.807) is 17.7 Å². The van der Waals surface area contributed by atoms with Gasteiger partial charge in [-0.25, -0.2) is 9.97 Å². The number of aromatic nitrogens is 4. The van der Waals surface area contributed by atoms with Crippen LogP contribution in [0.25, 0.3) is 5.65 Å². The second-order valence-corrected chi connectivity index (χ2v) is 5.53. The van der Waals surface area contributed by atoms with Crippen LogP contribution in [0.1, 0.15) is 29.2 Å². The highest BCUT2D eigenvalue weighted by Gasteiger charge is 2.12. The Morgan fingerprint density at radius 2 is 2.16 bits per heavy atom. The lowest BCUT2D eigenvalue weighted by molar-refractivity contribution is 0.832. The predicted molar refractivity (Wildman–Crippen MR) is 76.6 cm³/mol. The number of aryl methyl sites for hydroxylation is 2. The van der Waals surface area contributed by atoms with Crippen molar-refractivity contribution in [3.8, 4) is 0 Å². The fourth-order valence-electron chi connectivity index (χ4n) is 2.01. The maximum atomic E-state index is 4.51. The van der Waals surface area contributed by atoms with E-state index in [0.29, 0.717) is 0 Å². The minimum absolute atomic E-state index is 0.146. The Morgan fingerprint density at radius 3 is 2.89 bits per heavy atom. The summed E-state index contributed by atoms with van der Waals surface area (Å²) in [5.74, 6) is 0.938. The van der Waals surface area contributed by atoms with Crippen molar-refractivity contribution in [3.05, 3.63) is 40.1 Å². The second kappa shape index (κ2) is 4.62. The average molecular weight is 273 g/mol. The largest absolute Gasteiger partial charge is 0.361 e. The molecule has 0 fully saturated rings. The van der Waals surface area contributed by atoms with Crippen LogP contribution >= 0.6 is 11.3 Å². The summed E-state index contributed by atoms with van der Waals surface area (Å²) in [5.41, 5.74) is 3.07. The van der Waals surface area contributed by atoms with E-state index in [9.17, 15) is 0 Å². The van der Waals surface area contributed by atoms with Gasteiger partial charge in [0, 0.05) is 11.1 Å². The van der Waals surface area contributed by atoms with Crippen molar-refractivity contribution < 1.29 is 0 Å². The normalized spacial score (nSPS) is 12.8. The molecular formula is C13H15N5S. The number of pyridine rings is 1. The van der Waals surface area contributed by atoms with Crippen LogP contribution in [0.2, 0.25) is 0 Å². The van der Waals surface area contributed by atoms with E-state index in [0.717, 1.165) is 27.7 Å². The van der Waals surface area contributed by atoms with Gasteiger partial charge in [-0.3, -0.25) is 0 Å². The van der Waals surface area contributed by atoms with E-state index >= 15 is 0 Å². The van der Waals surface area contributed by atoms with Crippen LogP contribution in [-0.4, -0.2) is 19.6 Å². The van der Waals surface area contributed by atoms with E-state index in [2.05, 4.69) is 45.7 Å². The summed E-state index contributed by atoms with van der Waals surface area (Å²) in [4.78, 5) is 8.73. The predicted octanol–water partition coefficient (Wildman–Crippen LogP) is 2.98. The quantitative estimate of drug-likeness (QED) is 0.797. The highest BCUT2D eigenvalue weighted by atomic mass is 32.1. The maximum absolute atomic E-state index is 4.51. The Hall–Kier alpha value is -1.95. The summed E-state index contributed by atoms with van der Waals surface area (Å²) in [7, 11) is 0. The van der Waals surface area contributed by atoms with Gasteiger partial charge in [0.1, 0.15) is 17.2 Å². The average Bonchev–Trinajstić information content (AvgIpc) is 2.97. The Labute approximate surface area is 115 Å². The van der Waals surface area contributed by atoms with Crippen molar-refractivity contribution in [2.45, 2.75) is 26.8 Å². The van der Waals surface area contributed by atoms with E-state index in [1.165, 1.54) is 0 Å². The van der Waals surface area contributed by atoms with Crippen molar-refractivity contribution in [3.63, 3.8) is 0 Å². The molecule has 0 aliphatic heterocycles. The second-order valence-electron chi connectivity index (χ2n) is 4.64. The van der Waals surface area contributed by atoms with Crippen molar-refractivity contribution in [1.82, 2.24) is 19.6 Å². The number of anilines is 1. The molecule has 0 saturated heterocycles. The molecule has 19 heavy (non-hydrogen) atoms. The number of nitrogens with one attached hydrogen (secondary N) is 1. The molecule has 5 nitrogen and oxygen atoms in total. The van der Waals surface area contributed by atoms with Crippen LogP contribution in [0, 0.1) is 13.8 Å². The standard InChI is InChI=1S/C13H15N5S/c1-8-4-11-14-7-15-18(11)12(5-8)17-10(3)13-16-9(2)6-19-13/h4-7,10,17H,1-3H3. The number of fused-ring (bicyclic) bond motifs is 1. The summed E-state index contributed by atoms with van der Waals surface area (Å²) in [6.07, 6.45) is 1.57. The van der Waals surface area contributed by atoms with Gasteiger partial charge in [0.25, 0.3) is 0 Å². The van der Waals surface area contributed by atoms with E-state index in [-0.39, 0.29) is 6.04 Å². The summed E-state index contributed by atoms with van der Waals surface area (Å²) in [6, 6.07) is 4.22. The molecule has 1 atom stereocenters. The zero-order valence-electron chi connectivity index (χ0n) is 11.1. The molecule has 0 spiro atoms. The monoisotopic (exact) mass is 273 g/mol.